The highest BCUT2D eigenvalue weighted by Crippen LogP contribution is 2.24. The molecular formula is C15H32N2O. The molecule has 1 saturated heterocycles. The number of hydrogen-bond donors (Lipinski definition) is 2. The van der Waals surface area contributed by atoms with Crippen LogP contribution in [0.5, 0.6) is 0 Å². The van der Waals surface area contributed by atoms with Gasteiger partial charge in [-0.2, -0.15) is 0 Å². The number of rotatable bonds is 8. The van der Waals surface area contributed by atoms with E-state index in [-0.39, 0.29) is 5.41 Å². The van der Waals surface area contributed by atoms with Crippen LogP contribution in [0.1, 0.15) is 52.9 Å². The Kier molecular flexibility index (Phi) is 7.20. The van der Waals surface area contributed by atoms with Crippen LogP contribution in [0.2, 0.25) is 0 Å². The van der Waals surface area contributed by atoms with Gasteiger partial charge in [-0.3, -0.25) is 0 Å². The number of likely N-dealkylation sites (tertiary alicyclic amines) is 1. The molecule has 18 heavy (non-hydrogen) atoms. The first-order valence-corrected chi connectivity index (χ1v) is 7.72. The van der Waals surface area contributed by atoms with Crippen LogP contribution in [-0.4, -0.2) is 48.8 Å². The second-order valence-corrected chi connectivity index (χ2v) is 6.01. The second kappa shape index (κ2) is 8.13. The molecule has 0 aromatic heterocycles. The lowest BCUT2D eigenvalue weighted by Crippen LogP contribution is -2.46. The van der Waals surface area contributed by atoms with E-state index in [4.69, 9.17) is 0 Å². The molecule has 1 aliphatic rings. The normalized spacial score (nSPS) is 20.0. The van der Waals surface area contributed by atoms with Gasteiger partial charge >= 0.3 is 0 Å². The topological polar surface area (TPSA) is 35.5 Å². The smallest absolute Gasteiger partial charge is 0.0499 e. The van der Waals surface area contributed by atoms with Crippen molar-refractivity contribution in [2.24, 2.45) is 5.41 Å². The van der Waals surface area contributed by atoms with Crippen molar-refractivity contribution in [3.63, 3.8) is 0 Å². The van der Waals surface area contributed by atoms with Crippen molar-refractivity contribution in [3.8, 4) is 0 Å². The van der Waals surface area contributed by atoms with E-state index < -0.39 is 0 Å². The highest BCUT2D eigenvalue weighted by molar-refractivity contribution is 4.81. The molecule has 1 rings (SSSR count). The minimum Gasteiger partial charge on any atom is -0.396 e. The molecular weight excluding hydrogens is 224 g/mol. The number of hydrogen-bond acceptors (Lipinski definition) is 3. The zero-order chi connectivity index (χ0) is 13.4. The molecule has 0 radical (unpaired) electrons. The van der Waals surface area contributed by atoms with Crippen LogP contribution in [-0.2, 0) is 0 Å². The van der Waals surface area contributed by atoms with Crippen LogP contribution in [0, 0.1) is 5.41 Å². The van der Waals surface area contributed by atoms with Gasteiger partial charge in [-0.25, -0.2) is 0 Å². The minimum atomic E-state index is 0.0795. The van der Waals surface area contributed by atoms with Crippen LogP contribution in [0.25, 0.3) is 0 Å². The molecule has 0 saturated carbocycles. The van der Waals surface area contributed by atoms with Crippen LogP contribution < -0.4 is 5.32 Å². The Bertz CT molecular complexity index is 202. The van der Waals surface area contributed by atoms with E-state index in [1.54, 1.807) is 0 Å². The molecule has 0 aromatic rings. The molecule has 3 nitrogen and oxygen atoms in total. The van der Waals surface area contributed by atoms with E-state index in [0.717, 1.165) is 25.9 Å². The number of aliphatic hydroxyl groups is 1. The van der Waals surface area contributed by atoms with Gasteiger partial charge in [-0.05, 0) is 45.7 Å². The lowest BCUT2D eigenvalue weighted by molar-refractivity contribution is 0.106. The minimum absolute atomic E-state index is 0.0795. The van der Waals surface area contributed by atoms with Gasteiger partial charge in [0.1, 0.15) is 0 Å². The lowest BCUT2D eigenvalue weighted by Gasteiger charge is -2.34. The van der Waals surface area contributed by atoms with E-state index in [2.05, 4.69) is 31.0 Å². The SMILES string of the molecule is CCC(CC)(CO)CNC(C)CN1CCCCC1. The van der Waals surface area contributed by atoms with Gasteiger partial charge in [-0.15, -0.1) is 0 Å². The molecule has 1 heterocycles. The van der Waals surface area contributed by atoms with Crippen molar-refractivity contribution in [2.75, 3.05) is 32.8 Å². The number of nitrogens with zero attached hydrogens (tertiary/aromatic N) is 1. The van der Waals surface area contributed by atoms with E-state index in [0.29, 0.717) is 12.6 Å². The average Bonchev–Trinajstić information content (AvgIpc) is 2.42. The number of piperidine rings is 1. The third-order valence-electron chi connectivity index (χ3n) is 4.64. The largest absolute Gasteiger partial charge is 0.396 e. The maximum atomic E-state index is 9.56. The van der Waals surface area contributed by atoms with Crippen molar-refractivity contribution in [1.82, 2.24) is 10.2 Å². The number of nitrogens with one attached hydrogen (secondary N) is 1. The van der Waals surface area contributed by atoms with Crippen LogP contribution in [0.3, 0.4) is 0 Å². The van der Waals surface area contributed by atoms with E-state index >= 15 is 0 Å². The summed E-state index contributed by atoms with van der Waals surface area (Å²) in [6.07, 6.45) is 6.21. The molecule has 0 amide bonds. The Morgan fingerprint density at radius 3 is 2.28 bits per heavy atom. The Balaban J connectivity index is 2.28. The fraction of sp³-hybridized carbons (Fsp3) is 1.00. The third kappa shape index (κ3) is 4.87. The standard InChI is InChI=1S/C15H32N2O/c1-4-15(5-2,13-18)12-16-14(3)11-17-9-7-6-8-10-17/h14,16,18H,4-13H2,1-3H3. The fourth-order valence-electron chi connectivity index (χ4n) is 2.76. The monoisotopic (exact) mass is 256 g/mol. The van der Waals surface area contributed by atoms with Crippen LogP contribution >= 0.6 is 0 Å². The van der Waals surface area contributed by atoms with Crippen LogP contribution in [0.4, 0.5) is 0 Å². The highest BCUT2D eigenvalue weighted by Gasteiger charge is 2.25. The Labute approximate surface area is 113 Å². The van der Waals surface area contributed by atoms with Gasteiger partial charge in [-0.1, -0.05) is 20.3 Å². The summed E-state index contributed by atoms with van der Waals surface area (Å²) in [5, 5.41) is 13.2. The lowest BCUT2D eigenvalue weighted by atomic mass is 9.83. The van der Waals surface area contributed by atoms with Gasteiger partial charge < -0.3 is 15.3 Å². The first-order chi connectivity index (χ1) is 8.65. The predicted octanol–water partition coefficient (Wildman–Crippen LogP) is 2.25. The third-order valence-corrected chi connectivity index (χ3v) is 4.64. The zero-order valence-corrected chi connectivity index (χ0v) is 12.5. The molecule has 0 aliphatic carbocycles. The van der Waals surface area contributed by atoms with Gasteiger partial charge in [0.05, 0.1) is 0 Å². The molecule has 0 spiro atoms. The van der Waals surface area contributed by atoms with Gasteiger partial charge in [0.15, 0.2) is 0 Å². The molecule has 1 unspecified atom stereocenters. The summed E-state index contributed by atoms with van der Waals surface area (Å²) in [4.78, 5) is 2.57. The van der Waals surface area contributed by atoms with Crippen molar-refractivity contribution in [2.45, 2.75) is 58.9 Å². The highest BCUT2D eigenvalue weighted by atomic mass is 16.3. The molecule has 1 aliphatic heterocycles. The molecule has 1 fully saturated rings. The second-order valence-electron chi connectivity index (χ2n) is 6.01. The molecule has 0 bridgehead atoms. The molecule has 1 atom stereocenters. The number of aliphatic hydroxyl groups excluding tert-OH is 1. The Hall–Kier alpha value is -0.120. The zero-order valence-electron chi connectivity index (χ0n) is 12.5. The summed E-state index contributed by atoms with van der Waals surface area (Å²) in [6, 6.07) is 0.520. The summed E-state index contributed by atoms with van der Waals surface area (Å²) in [6.45, 7) is 11.5. The van der Waals surface area contributed by atoms with Gasteiger partial charge in [0.25, 0.3) is 0 Å². The van der Waals surface area contributed by atoms with E-state index in [1.165, 1.54) is 32.4 Å². The molecule has 3 heteroatoms. The van der Waals surface area contributed by atoms with E-state index in [1.807, 2.05) is 0 Å². The maximum Gasteiger partial charge on any atom is 0.0499 e. The molecule has 2 N–H and O–H groups in total. The average molecular weight is 256 g/mol. The van der Waals surface area contributed by atoms with Crippen molar-refractivity contribution >= 4 is 0 Å². The van der Waals surface area contributed by atoms with Gasteiger partial charge in [0.2, 0.25) is 0 Å². The Morgan fingerprint density at radius 1 is 1.17 bits per heavy atom. The predicted molar refractivity (Wildman–Crippen MR) is 77.9 cm³/mol. The summed E-state index contributed by atoms with van der Waals surface area (Å²) in [5.74, 6) is 0. The van der Waals surface area contributed by atoms with Crippen LogP contribution in [0.15, 0.2) is 0 Å². The summed E-state index contributed by atoms with van der Waals surface area (Å²) >= 11 is 0. The van der Waals surface area contributed by atoms with Crippen molar-refractivity contribution in [1.29, 1.82) is 0 Å². The quantitative estimate of drug-likeness (QED) is 0.699. The maximum absolute atomic E-state index is 9.56. The molecule has 0 aromatic carbocycles. The van der Waals surface area contributed by atoms with Crippen molar-refractivity contribution < 1.29 is 5.11 Å². The van der Waals surface area contributed by atoms with Gasteiger partial charge in [0, 0.05) is 31.2 Å². The molecule has 108 valence electrons. The summed E-state index contributed by atoms with van der Waals surface area (Å²) in [7, 11) is 0. The first kappa shape index (κ1) is 15.9. The van der Waals surface area contributed by atoms with E-state index in [9.17, 15) is 5.11 Å². The first-order valence-electron chi connectivity index (χ1n) is 7.72. The fourth-order valence-corrected chi connectivity index (χ4v) is 2.76. The van der Waals surface area contributed by atoms with Crippen molar-refractivity contribution in [3.05, 3.63) is 0 Å². The Morgan fingerprint density at radius 2 is 1.78 bits per heavy atom. The summed E-state index contributed by atoms with van der Waals surface area (Å²) in [5.41, 5.74) is 0.0795. The summed E-state index contributed by atoms with van der Waals surface area (Å²) < 4.78 is 0.